The lowest BCUT2D eigenvalue weighted by atomic mass is 10.0. The smallest absolute Gasteiger partial charge is 0.247 e. The van der Waals surface area contributed by atoms with E-state index >= 15 is 0 Å². The Morgan fingerprint density at radius 3 is 2.42 bits per heavy atom. The van der Waals surface area contributed by atoms with Crippen molar-refractivity contribution in [2.45, 2.75) is 77.3 Å². The molecule has 2 amide bonds. The quantitative estimate of drug-likeness (QED) is 0.385. The van der Waals surface area contributed by atoms with Crippen LogP contribution >= 0.6 is 11.6 Å². The second-order valence-electron chi connectivity index (χ2n) is 8.08. The second kappa shape index (κ2) is 13.5. The average molecular weight is 453 g/mol. The van der Waals surface area contributed by atoms with Crippen LogP contribution in [0.1, 0.15) is 76.8 Å². The highest BCUT2D eigenvalue weighted by molar-refractivity contribution is 6.27. The first-order valence-electron chi connectivity index (χ1n) is 11.5. The molecule has 0 spiro atoms. The van der Waals surface area contributed by atoms with Gasteiger partial charge in [-0.1, -0.05) is 45.6 Å². The Labute approximate surface area is 191 Å². The molecule has 0 radical (unpaired) electrons. The third-order valence-electron chi connectivity index (χ3n) is 5.63. The van der Waals surface area contributed by atoms with Crippen molar-refractivity contribution in [1.29, 1.82) is 0 Å². The SMILES string of the molecule is CCCOc1ccc([C@H](C(=O)NC2CCCCCC2)N(CCC)C(=O)CCl)cc1OC. The zero-order valence-electron chi connectivity index (χ0n) is 19.1. The zero-order valence-corrected chi connectivity index (χ0v) is 19.9. The minimum Gasteiger partial charge on any atom is -0.493 e. The maximum Gasteiger partial charge on any atom is 0.247 e. The van der Waals surface area contributed by atoms with Crippen molar-refractivity contribution in [3.05, 3.63) is 23.8 Å². The largest absolute Gasteiger partial charge is 0.493 e. The summed E-state index contributed by atoms with van der Waals surface area (Å²) in [6.45, 7) is 5.05. The number of halogens is 1. The minimum absolute atomic E-state index is 0.140. The highest BCUT2D eigenvalue weighted by Gasteiger charge is 2.32. The summed E-state index contributed by atoms with van der Waals surface area (Å²) >= 11 is 5.91. The van der Waals surface area contributed by atoms with E-state index in [0.29, 0.717) is 30.2 Å². The van der Waals surface area contributed by atoms with Crippen LogP contribution < -0.4 is 14.8 Å². The van der Waals surface area contributed by atoms with Gasteiger partial charge >= 0.3 is 0 Å². The number of ether oxygens (including phenoxy) is 2. The van der Waals surface area contributed by atoms with Gasteiger partial charge in [-0.25, -0.2) is 0 Å². The molecular weight excluding hydrogens is 416 g/mol. The van der Waals surface area contributed by atoms with Crippen LogP contribution in [0, 0.1) is 0 Å². The Morgan fingerprint density at radius 1 is 1.13 bits per heavy atom. The van der Waals surface area contributed by atoms with Gasteiger partial charge in [-0.2, -0.15) is 0 Å². The van der Waals surface area contributed by atoms with Gasteiger partial charge < -0.3 is 19.7 Å². The predicted molar refractivity (Wildman–Crippen MR) is 124 cm³/mol. The van der Waals surface area contributed by atoms with Crippen LogP contribution in [0.2, 0.25) is 0 Å². The lowest BCUT2D eigenvalue weighted by Crippen LogP contribution is -2.47. The first-order valence-corrected chi connectivity index (χ1v) is 12.1. The fraction of sp³-hybridized carbons (Fsp3) is 0.667. The topological polar surface area (TPSA) is 67.9 Å². The van der Waals surface area contributed by atoms with E-state index in [0.717, 1.165) is 38.5 Å². The van der Waals surface area contributed by atoms with Crippen LogP contribution in [-0.2, 0) is 9.59 Å². The first-order chi connectivity index (χ1) is 15.0. The Morgan fingerprint density at radius 2 is 1.84 bits per heavy atom. The summed E-state index contributed by atoms with van der Waals surface area (Å²) in [5.74, 6) is 0.592. The van der Waals surface area contributed by atoms with Gasteiger partial charge in [0.05, 0.1) is 13.7 Å². The fourth-order valence-corrected chi connectivity index (χ4v) is 4.23. The number of amides is 2. The summed E-state index contributed by atoms with van der Waals surface area (Å²) in [4.78, 5) is 27.8. The number of alkyl halides is 1. The van der Waals surface area contributed by atoms with Gasteiger partial charge in [0.15, 0.2) is 11.5 Å². The lowest BCUT2D eigenvalue weighted by molar-refractivity contribution is -0.139. The molecule has 0 aliphatic heterocycles. The van der Waals surface area contributed by atoms with Gasteiger partial charge in [-0.05, 0) is 43.4 Å². The third-order valence-corrected chi connectivity index (χ3v) is 5.85. The van der Waals surface area contributed by atoms with Gasteiger partial charge in [0.2, 0.25) is 11.8 Å². The number of nitrogens with one attached hydrogen (secondary N) is 1. The number of carbonyl (C=O) groups excluding carboxylic acids is 2. The summed E-state index contributed by atoms with van der Waals surface area (Å²) in [7, 11) is 1.58. The number of benzene rings is 1. The average Bonchev–Trinajstić information content (AvgIpc) is 3.05. The first kappa shape index (κ1) is 25.3. The van der Waals surface area contributed by atoms with Crippen LogP contribution in [0.4, 0.5) is 0 Å². The van der Waals surface area contributed by atoms with E-state index in [4.69, 9.17) is 21.1 Å². The summed E-state index contributed by atoms with van der Waals surface area (Å²) < 4.78 is 11.3. The molecule has 174 valence electrons. The summed E-state index contributed by atoms with van der Waals surface area (Å²) in [6.07, 6.45) is 8.21. The van der Waals surface area contributed by atoms with E-state index in [1.165, 1.54) is 12.8 Å². The number of hydrogen-bond acceptors (Lipinski definition) is 4. The predicted octanol–water partition coefficient (Wildman–Crippen LogP) is 4.84. The van der Waals surface area contributed by atoms with Crippen molar-refractivity contribution >= 4 is 23.4 Å². The van der Waals surface area contributed by atoms with Gasteiger partial charge in [0.1, 0.15) is 11.9 Å². The molecule has 2 rings (SSSR count). The van der Waals surface area contributed by atoms with E-state index < -0.39 is 6.04 Å². The molecular formula is C24H37ClN2O4. The highest BCUT2D eigenvalue weighted by Crippen LogP contribution is 2.33. The van der Waals surface area contributed by atoms with Crippen molar-refractivity contribution in [3.63, 3.8) is 0 Å². The van der Waals surface area contributed by atoms with Crippen molar-refractivity contribution in [2.75, 3.05) is 26.1 Å². The Hall–Kier alpha value is -1.95. The molecule has 0 unspecified atom stereocenters. The van der Waals surface area contributed by atoms with Crippen LogP contribution in [-0.4, -0.2) is 48.9 Å². The molecule has 1 fully saturated rings. The van der Waals surface area contributed by atoms with E-state index in [1.54, 1.807) is 18.1 Å². The second-order valence-corrected chi connectivity index (χ2v) is 8.35. The van der Waals surface area contributed by atoms with Crippen LogP contribution in [0.3, 0.4) is 0 Å². The summed E-state index contributed by atoms with van der Waals surface area (Å²) in [5.41, 5.74) is 0.693. The highest BCUT2D eigenvalue weighted by atomic mass is 35.5. The number of methoxy groups -OCH3 is 1. The molecule has 0 bridgehead atoms. The van der Waals surface area contributed by atoms with Crippen LogP contribution in [0.25, 0.3) is 0 Å². The van der Waals surface area contributed by atoms with Gasteiger partial charge in [0, 0.05) is 12.6 Å². The van der Waals surface area contributed by atoms with Gasteiger partial charge in [0.25, 0.3) is 0 Å². The molecule has 1 aromatic carbocycles. The van der Waals surface area contributed by atoms with Gasteiger partial charge in [-0.15, -0.1) is 11.6 Å². The number of hydrogen-bond donors (Lipinski definition) is 1. The molecule has 1 aliphatic rings. The Kier molecular flexibility index (Phi) is 11.0. The summed E-state index contributed by atoms with van der Waals surface area (Å²) in [6, 6.07) is 4.83. The van der Waals surface area contributed by atoms with Crippen molar-refractivity contribution in [1.82, 2.24) is 10.2 Å². The van der Waals surface area contributed by atoms with Crippen molar-refractivity contribution < 1.29 is 19.1 Å². The molecule has 0 aromatic heterocycles. The number of rotatable bonds is 11. The molecule has 6 nitrogen and oxygen atoms in total. The van der Waals surface area contributed by atoms with Crippen molar-refractivity contribution in [2.24, 2.45) is 0 Å². The van der Waals surface area contributed by atoms with Crippen LogP contribution in [0.15, 0.2) is 18.2 Å². The van der Waals surface area contributed by atoms with E-state index in [9.17, 15) is 9.59 Å². The van der Waals surface area contributed by atoms with Crippen molar-refractivity contribution in [3.8, 4) is 11.5 Å². The molecule has 1 aromatic rings. The monoisotopic (exact) mass is 452 g/mol. The lowest BCUT2D eigenvalue weighted by Gasteiger charge is -2.32. The standard InChI is InChI=1S/C24H37ClN2O4/c1-4-14-27(22(28)17-25)23(24(29)26-19-10-8-6-7-9-11-19)18-12-13-20(31-15-5-2)21(16-18)30-3/h12-13,16,19,23H,4-11,14-15,17H2,1-3H3,(H,26,29)/t23-/m1/s1. The van der Waals surface area contributed by atoms with E-state index in [1.807, 2.05) is 26.0 Å². The Balaban J connectivity index is 2.38. The molecule has 1 N–H and O–H groups in total. The third kappa shape index (κ3) is 7.30. The van der Waals surface area contributed by atoms with Crippen LogP contribution in [0.5, 0.6) is 11.5 Å². The molecule has 31 heavy (non-hydrogen) atoms. The Bertz CT molecular complexity index is 705. The van der Waals surface area contributed by atoms with E-state index in [-0.39, 0.29) is 23.7 Å². The molecule has 0 saturated heterocycles. The number of nitrogens with zero attached hydrogens (tertiary/aromatic N) is 1. The molecule has 1 aliphatic carbocycles. The zero-order chi connectivity index (χ0) is 22.6. The minimum atomic E-state index is -0.761. The fourth-order valence-electron chi connectivity index (χ4n) is 4.08. The van der Waals surface area contributed by atoms with E-state index in [2.05, 4.69) is 5.32 Å². The molecule has 7 heteroatoms. The summed E-state index contributed by atoms with van der Waals surface area (Å²) in [5, 5.41) is 3.21. The molecule has 1 saturated carbocycles. The number of carbonyl (C=O) groups is 2. The maximum atomic E-state index is 13.5. The normalized spacial score (nSPS) is 15.6. The maximum absolute atomic E-state index is 13.5. The van der Waals surface area contributed by atoms with Gasteiger partial charge in [-0.3, -0.25) is 9.59 Å². The molecule has 1 atom stereocenters. The molecule has 0 heterocycles.